The second-order valence-corrected chi connectivity index (χ2v) is 9.68. The SMILES string of the molecule is O=C(CSc1nnc(-c2cccc(S(=O)(=O)N3CCCCC3)c2)o1)N1CCOC1=O. The number of benzene rings is 1. The molecule has 10 nitrogen and oxygen atoms in total. The van der Waals surface area contributed by atoms with Gasteiger partial charge in [0.2, 0.25) is 21.8 Å². The lowest BCUT2D eigenvalue weighted by Crippen LogP contribution is -2.35. The lowest BCUT2D eigenvalue weighted by molar-refractivity contribution is -0.125. The van der Waals surface area contributed by atoms with Crippen LogP contribution in [0.4, 0.5) is 4.79 Å². The second kappa shape index (κ2) is 8.74. The van der Waals surface area contributed by atoms with Crippen LogP contribution in [0.2, 0.25) is 0 Å². The van der Waals surface area contributed by atoms with Crippen LogP contribution >= 0.6 is 11.8 Å². The molecule has 0 N–H and O–H groups in total. The molecule has 0 spiro atoms. The number of hydrogen-bond acceptors (Lipinski definition) is 9. The lowest BCUT2D eigenvalue weighted by Gasteiger charge is -2.25. The molecule has 30 heavy (non-hydrogen) atoms. The van der Waals surface area contributed by atoms with Gasteiger partial charge in [0.15, 0.2) is 0 Å². The van der Waals surface area contributed by atoms with Crippen LogP contribution < -0.4 is 0 Å². The molecule has 0 atom stereocenters. The lowest BCUT2D eigenvalue weighted by atomic mass is 10.2. The van der Waals surface area contributed by atoms with Crippen LogP contribution in [0.3, 0.4) is 0 Å². The molecule has 2 fully saturated rings. The summed E-state index contributed by atoms with van der Waals surface area (Å²) in [7, 11) is -3.58. The van der Waals surface area contributed by atoms with Crippen molar-refractivity contribution in [3.8, 4) is 11.5 Å². The molecular formula is C18H20N4O6S2. The van der Waals surface area contributed by atoms with Crippen LogP contribution in [0.5, 0.6) is 0 Å². The van der Waals surface area contributed by atoms with E-state index in [-0.39, 0.29) is 34.9 Å². The number of rotatable bonds is 6. The molecule has 0 aliphatic carbocycles. The summed E-state index contributed by atoms with van der Waals surface area (Å²) in [6.07, 6.45) is 2.10. The maximum absolute atomic E-state index is 12.9. The number of amides is 2. The molecule has 0 bridgehead atoms. The van der Waals surface area contributed by atoms with E-state index in [4.69, 9.17) is 9.15 Å². The van der Waals surface area contributed by atoms with Crippen LogP contribution in [-0.2, 0) is 19.6 Å². The quantitative estimate of drug-likeness (QED) is 0.605. The first kappa shape index (κ1) is 20.8. The molecule has 2 amide bonds. The van der Waals surface area contributed by atoms with Gasteiger partial charge < -0.3 is 9.15 Å². The molecule has 3 heterocycles. The van der Waals surface area contributed by atoms with Crippen molar-refractivity contribution in [2.45, 2.75) is 29.4 Å². The Bertz CT molecular complexity index is 1050. The summed E-state index contributed by atoms with van der Waals surface area (Å²) in [4.78, 5) is 24.7. The van der Waals surface area contributed by atoms with Crippen LogP contribution in [-0.4, -0.2) is 71.8 Å². The second-order valence-electron chi connectivity index (χ2n) is 6.81. The van der Waals surface area contributed by atoms with E-state index in [1.807, 2.05) is 0 Å². The molecular weight excluding hydrogens is 432 g/mol. The molecule has 2 aromatic rings. The van der Waals surface area contributed by atoms with Crippen LogP contribution in [0.15, 0.2) is 38.8 Å². The van der Waals surface area contributed by atoms with E-state index in [2.05, 4.69) is 10.2 Å². The van der Waals surface area contributed by atoms with Crippen LogP contribution in [0.1, 0.15) is 19.3 Å². The number of nitrogens with zero attached hydrogens (tertiary/aromatic N) is 4. The van der Waals surface area contributed by atoms with E-state index in [9.17, 15) is 18.0 Å². The Morgan fingerprint density at radius 1 is 1.13 bits per heavy atom. The molecule has 0 unspecified atom stereocenters. The Morgan fingerprint density at radius 2 is 1.93 bits per heavy atom. The van der Waals surface area contributed by atoms with Gasteiger partial charge in [-0.2, -0.15) is 4.31 Å². The summed E-state index contributed by atoms with van der Waals surface area (Å²) in [6.45, 7) is 1.46. The topological polar surface area (TPSA) is 123 Å². The maximum Gasteiger partial charge on any atom is 0.416 e. The third-order valence-corrected chi connectivity index (χ3v) is 7.52. The summed E-state index contributed by atoms with van der Waals surface area (Å²) in [6, 6.07) is 6.37. The molecule has 2 aliphatic rings. The summed E-state index contributed by atoms with van der Waals surface area (Å²) in [5, 5.41) is 7.99. The van der Waals surface area contributed by atoms with Crippen molar-refractivity contribution in [1.82, 2.24) is 19.4 Å². The summed E-state index contributed by atoms with van der Waals surface area (Å²) in [5.41, 5.74) is 0.474. The minimum absolute atomic E-state index is 0.0554. The number of cyclic esters (lactones) is 1. The molecule has 1 aromatic carbocycles. The van der Waals surface area contributed by atoms with Crippen molar-refractivity contribution >= 4 is 33.8 Å². The molecule has 2 saturated heterocycles. The van der Waals surface area contributed by atoms with E-state index in [1.165, 1.54) is 10.4 Å². The predicted molar refractivity (Wildman–Crippen MR) is 106 cm³/mol. The Hall–Kier alpha value is -2.44. The minimum atomic E-state index is -3.58. The average Bonchev–Trinajstić information content (AvgIpc) is 3.42. The van der Waals surface area contributed by atoms with Gasteiger partial charge in [-0.1, -0.05) is 24.2 Å². The Morgan fingerprint density at radius 3 is 2.67 bits per heavy atom. The van der Waals surface area contributed by atoms with Crippen LogP contribution in [0, 0.1) is 0 Å². The van der Waals surface area contributed by atoms with Gasteiger partial charge in [-0.25, -0.2) is 18.1 Å². The molecule has 0 radical (unpaired) electrons. The summed E-state index contributed by atoms with van der Waals surface area (Å²) in [5.74, 6) is -0.307. The number of ether oxygens (including phenoxy) is 1. The first-order valence-electron chi connectivity index (χ1n) is 9.49. The van der Waals surface area contributed by atoms with Crippen molar-refractivity contribution < 1.29 is 27.2 Å². The highest BCUT2D eigenvalue weighted by atomic mass is 32.2. The van der Waals surface area contributed by atoms with Crippen molar-refractivity contribution in [3.63, 3.8) is 0 Å². The molecule has 2 aliphatic heterocycles. The zero-order valence-corrected chi connectivity index (χ0v) is 17.7. The van der Waals surface area contributed by atoms with Gasteiger partial charge in [0.1, 0.15) is 6.61 Å². The molecule has 1 aromatic heterocycles. The van der Waals surface area contributed by atoms with E-state index in [0.29, 0.717) is 18.7 Å². The number of carbonyl (C=O) groups is 2. The highest BCUT2D eigenvalue weighted by Gasteiger charge is 2.29. The third kappa shape index (κ3) is 4.35. The van der Waals surface area contributed by atoms with E-state index < -0.39 is 22.0 Å². The standard InChI is InChI=1S/C18H20N4O6S2/c23-15(22-9-10-27-18(22)24)12-29-17-20-19-16(28-17)13-5-4-6-14(11-13)30(25,26)21-7-2-1-3-8-21/h4-6,11H,1-3,7-10,12H2. The van der Waals surface area contributed by atoms with Gasteiger partial charge in [0.25, 0.3) is 5.22 Å². The molecule has 160 valence electrons. The minimum Gasteiger partial charge on any atom is -0.447 e. The van der Waals surface area contributed by atoms with E-state index >= 15 is 0 Å². The van der Waals surface area contributed by atoms with Gasteiger partial charge in [0.05, 0.1) is 17.2 Å². The van der Waals surface area contributed by atoms with Crippen molar-refractivity contribution in [2.24, 2.45) is 0 Å². The summed E-state index contributed by atoms with van der Waals surface area (Å²) >= 11 is 1.000. The number of piperidine rings is 1. The fourth-order valence-electron chi connectivity index (χ4n) is 3.25. The predicted octanol–water partition coefficient (Wildman–Crippen LogP) is 1.98. The molecule has 0 saturated carbocycles. The van der Waals surface area contributed by atoms with Crippen LogP contribution in [0.25, 0.3) is 11.5 Å². The van der Waals surface area contributed by atoms with E-state index in [1.54, 1.807) is 18.2 Å². The van der Waals surface area contributed by atoms with Gasteiger partial charge >= 0.3 is 6.09 Å². The fraction of sp³-hybridized carbons (Fsp3) is 0.444. The first-order chi connectivity index (χ1) is 14.4. The molecule has 4 rings (SSSR count). The highest BCUT2D eigenvalue weighted by molar-refractivity contribution is 7.99. The van der Waals surface area contributed by atoms with Crippen molar-refractivity contribution in [3.05, 3.63) is 24.3 Å². The van der Waals surface area contributed by atoms with E-state index in [0.717, 1.165) is 35.9 Å². The molecule has 12 heteroatoms. The van der Waals surface area contributed by atoms with Gasteiger partial charge in [-0.3, -0.25) is 4.79 Å². The Kier molecular flexibility index (Phi) is 6.06. The zero-order valence-electron chi connectivity index (χ0n) is 16.0. The third-order valence-electron chi connectivity index (χ3n) is 4.82. The highest BCUT2D eigenvalue weighted by Crippen LogP contribution is 2.27. The monoisotopic (exact) mass is 452 g/mol. The number of aromatic nitrogens is 2. The Balaban J connectivity index is 1.45. The zero-order chi connectivity index (χ0) is 21.1. The maximum atomic E-state index is 12.9. The van der Waals surface area contributed by atoms with Gasteiger partial charge in [-0.05, 0) is 31.0 Å². The number of carbonyl (C=O) groups excluding carboxylic acids is 2. The smallest absolute Gasteiger partial charge is 0.416 e. The Labute approximate surface area is 177 Å². The summed E-state index contributed by atoms with van der Waals surface area (Å²) < 4.78 is 37.6. The normalized spacial score (nSPS) is 17.9. The van der Waals surface area contributed by atoms with Gasteiger partial charge in [-0.15, -0.1) is 10.2 Å². The number of sulfonamides is 1. The number of hydrogen-bond donors (Lipinski definition) is 0. The number of thioether (sulfide) groups is 1. The first-order valence-corrected chi connectivity index (χ1v) is 11.9. The van der Waals surface area contributed by atoms with Crippen molar-refractivity contribution in [2.75, 3.05) is 32.0 Å². The average molecular weight is 453 g/mol. The fourth-order valence-corrected chi connectivity index (χ4v) is 5.45. The number of imide groups is 1. The largest absolute Gasteiger partial charge is 0.447 e. The van der Waals surface area contributed by atoms with Gasteiger partial charge in [0, 0.05) is 18.7 Å². The van der Waals surface area contributed by atoms with Crippen molar-refractivity contribution in [1.29, 1.82) is 0 Å².